The average Bonchev–Trinajstić information content (AvgIpc) is 0.899. The summed E-state index contributed by atoms with van der Waals surface area (Å²) in [6, 6.07) is 0. The lowest BCUT2D eigenvalue weighted by molar-refractivity contribution is -0.161. The van der Waals surface area contributed by atoms with E-state index < -0.39 is 91.5 Å². The molecule has 5 atom stereocenters. The van der Waals surface area contributed by atoms with E-state index >= 15 is 0 Å². The van der Waals surface area contributed by atoms with Crippen LogP contribution in [-0.4, -0.2) is 95.9 Å². The van der Waals surface area contributed by atoms with E-state index in [2.05, 4.69) is 203 Å². The Balaban J connectivity index is 4.51. The van der Waals surface area contributed by atoms with Gasteiger partial charge in [-0.25, -0.2) is 9.13 Å². The Morgan fingerprint density at radius 1 is 0.236 bits per heavy atom. The molecule has 0 aromatic rings. The van der Waals surface area contributed by atoms with E-state index in [1.807, 2.05) is 0 Å². The predicted molar refractivity (Wildman–Crippen MR) is 518 cm³/mol. The number of carbonyl (C=O) groups is 3. The van der Waals surface area contributed by atoms with Crippen molar-refractivity contribution in [3.63, 3.8) is 0 Å². The van der Waals surface area contributed by atoms with Crippen LogP contribution in [0.15, 0.2) is 182 Å². The molecule has 0 saturated carbocycles. The smallest absolute Gasteiger partial charge is 0.463 e. The lowest BCUT2D eigenvalue weighted by Gasteiger charge is -2.21. The minimum Gasteiger partial charge on any atom is -0.463 e. The minimum atomic E-state index is -4.95. The van der Waals surface area contributed by atoms with Crippen molar-refractivity contribution in [2.75, 3.05) is 39.6 Å². The van der Waals surface area contributed by atoms with Crippen molar-refractivity contribution in [3.05, 3.63) is 182 Å². The molecule has 123 heavy (non-hydrogen) atoms. The van der Waals surface area contributed by atoms with Crippen LogP contribution >= 0.6 is 15.6 Å². The van der Waals surface area contributed by atoms with Crippen molar-refractivity contribution >= 4 is 33.6 Å². The summed E-state index contributed by atoms with van der Waals surface area (Å²) >= 11 is 0. The third-order valence-electron chi connectivity index (χ3n) is 20.6. The molecule has 0 aliphatic rings. The molecule has 0 bridgehead atoms. The fourth-order valence-corrected chi connectivity index (χ4v) is 14.8. The van der Waals surface area contributed by atoms with Gasteiger partial charge in [-0.2, -0.15) is 0 Å². The molecule has 0 fully saturated rings. The van der Waals surface area contributed by atoms with Crippen LogP contribution in [0.25, 0.3) is 0 Å². The van der Waals surface area contributed by atoms with E-state index in [0.717, 1.165) is 148 Å². The van der Waals surface area contributed by atoms with Crippen LogP contribution in [0.5, 0.6) is 0 Å². The second-order valence-electron chi connectivity index (χ2n) is 32.5. The standard InChI is InChI=1S/C105H178O16P2/c1-4-7-10-13-16-19-22-25-28-31-34-36-38-40-42-44-46-48-49-51-53-54-56-58-60-62-65-67-70-73-76-79-82-85-88-91-103(108)115-94-100(106)95-117-122(111,112)118-96-101(107)97-119-123(113,114)120-99-102(121-105(110)93-90-87-84-81-78-75-72-69-64-33-30-27-24-21-18-15-12-9-6-3)98-116-104(109)92-89-86-83-80-77-74-71-68-66-63-61-59-57-55-52-50-47-45-43-41-39-37-35-32-29-26-23-20-17-14-11-8-5-2/h7,9-10,12,16-21,25-30,34-37,40-43,46,48,64,69,75,78,100-102,106-107H,4-6,8,11,13-15,22-24,31-33,38-39,44-45,47,49-63,65-68,70-74,76-77,79-99H2,1-3H3,(H,111,112)(H,113,114)/b10-7-,12-9-,19-16-,20-17-,21-18-,28-25-,29-26-,30-27-,36-34-,37-35-,42-40-,43-41-,48-46-,69-64-,78-75-. The normalized spacial score (nSPS) is 14.5. The van der Waals surface area contributed by atoms with Crippen molar-refractivity contribution in [2.24, 2.45) is 0 Å². The Morgan fingerprint density at radius 2 is 0.431 bits per heavy atom. The first kappa shape index (κ1) is 118. The Labute approximate surface area is 751 Å². The Hall–Kier alpha value is -5.35. The van der Waals surface area contributed by atoms with Gasteiger partial charge in [-0.05, 0) is 161 Å². The highest BCUT2D eigenvalue weighted by Gasteiger charge is 2.30. The number of hydrogen-bond donors (Lipinski definition) is 4. The molecule has 16 nitrogen and oxygen atoms in total. The number of ether oxygens (including phenoxy) is 3. The van der Waals surface area contributed by atoms with Crippen LogP contribution in [-0.2, 0) is 55.8 Å². The van der Waals surface area contributed by atoms with Crippen LogP contribution in [0.2, 0.25) is 0 Å². The number of carbonyl (C=O) groups excluding carboxylic acids is 3. The molecule has 0 aliphatic heterocycles. The number of phosphoric ester groups is 2. The zero-order chi connectivity index (χ0) is 89.3. The maximum Gasteiger partial charge on any atom is 0.472 e. The van der Waals surface area contributed by atoms with Crippen LogP contribution in [0.1, 0.15) is 406 Å². The van der Waals surface area contributed by atoms with E-state index in [1.54, 1.807) is 0 Å². The van der Waals surface area contributed by atoms with Gasteiger partial charge in [0.15, 0.2) is 6.10 Å². The van der Waals surface area contributed by atoms with Crippen LogP contribution in [0.3, 0.4) is 0 Å². The van der Waals surface area contributed by atoms with Crippen molar-refractivity contribution in [1.82, 2.24) is 0 Å². The van der Waals surface area contributed by atoms with E-state index in [0.29, 0.717) is 19.3 Å². The summed E-state index contributed by atoms with van der Waals surface area (Å²) in [6.07, 6.45) is 127. The number of aliphatic hydroxyl groups excluding tert-OH is 2. The topological polar surface area (TPSA) is 231 Å². The quantitative estimate of drug-likeness (QED) is 0.0146. The molecule has 0 aromatic heterocycles. The molecular formula is C105H178O16P2. The second kappa shape index (κ2) is 95.7. The average molecular weight is 1760 g/mol. The Morgan fingerprint density at radius 3 is 0.691 bits per heavy atom. The van der Waals surface area contributed by atoms with Crippen molar-refractivity contribution in [3.8, 4) is 0 Å². The molecule has 0 saturated heterocycles. The fraction of sp³-hybridized carbons (Fsp3) is 0.686. The number of esters is 3. The molecule has 4 N–H and O–H groups in total. The SMILES string of the molecule is CC/C=C\C/C=C\C/C=C\C/C=C\C/C=C\C/C=C\CCCCCCCCCCCCCCCCCCC(=O)OCC(O)COP(=O)(O)OCC(O)COP(=O)(O)OCC(COC(=O)CCCCCCCCCCCCCCCCCCC/C=C\C/C=C\C/C=C\C/C=C\CCCCC)OC(=O)CCCCC/C=C\C/C=C\C/C=C\C/C=C\C/C=C\CC. The van der Waals surface area contributed by atoms with Gasteiger partial charge in [0.2, 0.25) is 0 Å². The van der Waals surface area contributed by atoms with Gasteiger partial charge in [-0.15, -0.1) is 0 Å². The highest BCUT2D eigenvalue weighted by molar-refractivity contribution is 7.47. The fourth-order valence-electron chi connectivity index (χ4n) is 13.2. The van der Waals surface area contributed by atoms with E-state index in [9.17, 15) is 43.5 Å². The van der Waals surface area contributed by atoms with Crippen LogP contribution in [0.4, 0.5) is 0 Å². The number of hydrogen-bond acceptors (Lipinski definition) is 14. The van der Waals surface area contributed by atoms with E-state index in [4.69, 9.17) is 32.3 Å². The molecule has 0 aliphatic carbocycles. The third kappa shape index (κ3) is 97.1. The largest absolute Gasteiger partial charge is 0.472 e. The van der Waals surface area contributed by atoms with E-state index in [-0.39, 0.29) is 19.3 Å². The zero-order valence-electron chi connectivity index (χ0n) is 77.8. The molecular weight excluding hydrogens is 1580 g/mol. The molecule has 0 rings (SSSR count). The number of aliphatic hydroxyl groups is 2. The first-order chi connectivity index (χ1) is 60.2. The highest BCUT2D eigenvalue weighted by atomic mass is 31.2. The molecule has 0 amide bonds. The van der Waals surface area contributed by atoms with Crippen molar-refractivity contribution in [2.45, 2.75) is 424 Å². The third-order valence-corrected chi connectivity index (χ3v) is 22.5. The van der Waals surface area contributed by atoms with Gasteiger partial charge >= 0.3 is 33.6 Å². The lowest BCUT2D eigenvalue weighted by Crippen LogP contribution is -2.30. The van der Waals surface area contributed by atoms with Gasteiger partial charge in [-0.1, -0.05) is 409 Å². The summed E-state index contributed by atoms with van der Waals surface area (Å²) in [7, 11) is -9.83. The van der Waals surface area contributed by atoms with E-state index in [1.165, 1.54) is 199 Å². The molecule has 0 spiro atoms. The van der Waals surface area contributed by atoms with Gasteiger partial charge in [0.1, 0.15) is 25.4 Å². The van der Waals surface area contributed by atoms with Crippen LogP contribution in [0, 0.1) is 0 Å². The summed E-state index contributed by atoms with van der Waals surface area (Å²) in [5.74, 6) is -1.60. The number of rotatable bonds is 92. The molecule has 18 heteroatoms. The molecule has 5 unspecified atom stereocenters. The maximum absolute atomic E-state index is 13.1. The monoisotopic (exact) mass is 1760 g/mol. The first-order valence-corrected chi connectivity index (χ1v) is 52.1. The minimum absolute atomic E-state index is 0.0624. The van der Waals surface area contributed by atoms with Crippen molar-refractivity contribution < 1.29 is 75.8 Å². The maximum atomic E-state index is 13.1. The summed E-state index contributed by atoms with van der Waals surface area (Å²) in [5, 5.41) is 20.8. The number of unbranched alkanes of at least 4 members (excludes halogenated alkanes) is 39. The first-order valence-electron chi connectivity index (χ1n) is 49.1. The summed E-state index contributed by atoms with van der Waals surface area (Å²) in [4.78, 5) is 59.1. The molecule has 0 radical (unpaired) electrons. The Kier molecular flexibility index (Phi) is 91.6. The van der Waals surface area contributed by atoms with Gasteiger partial charge in [0.05, 0.1) is 26.4 Å². The summed E-state index contributed by atoms with van der Waals surface area (Å²) in [6.45, 7) is 2.43. The number of allylic oxidation sites excluding steroid dienone is 30. The summed E-state index contributed by atoms with van der Waals surface area (Å²) in [5.41, 5.74) is 0. The van der Waals surface area contributed by atoms with Gasteiger partial charge in [0, 0.05) is 19.3 Å². The molecule has 704 valence electrons. The second-order valence-corrected chi connectivity index (χ2v) is 35.4. The van der Waals surface area contributed by atoms with Crippen molar-refractivity contribution in [1.29, 1.82) is 0 Å². The summed E-state index contributed by atoms with van der Waals surface area (Å²) < 4.78 is 61.5. The number of phosphoric acid groups is 2. The van der Waals surface area contributed by atoms with Gasteiger partial charge < -0.3 is 34.2 Å². The molecule has 0 aromatic carbocycles. The van der Waals surface area contributed by atoms with Crippen LogP contribution < -0.4 is 0 Å². The van der Waals surface area contributed by atoms with Gasteiger partial charge in [-0.3, -0.25) is 32.5 Å². The Bertz CT molecular complexity index is 2970. The lowest BCUT2D eigenvalue weighted by atomic mass is 10.0. The predicted octanol–water partition coefficient (Wildman–Crippen LogP) is 30.8. The molecule has 0 heterocycles. The highest BCUT2D eigenvalue weighted by Crippen LogP contribution is 2.45. The zero-order valence-corrected chi connectivity index (χ0v) is 79.6. The van der Waals surface area contributed by atoms with Gasteiger partial charge in [0.25, 0.3) is 0 Å².